The second-order valence-corrected chi connectivity index (χ2v) is 9.23. The van der Waals surface area contributed by atoms with Gasteiger partial charge in [-0.15, -0.1) is 10.2 Å². The lowest BCUT2D eigenvalue weighted by atomic mass is 10.1. The Morgan fingerprint density at radius 2 is 1.71 bits per heavy atom. The number of halogens is 1. The number of amides is 1. The Morgan fingerprint density at radius 1 is 0.941 bits per heavy atom. The molecule has 0 spiro atoms. The van der Waals surface area contributed by atoms with Crippen LogP contribution in [0.3, 0.4) is 0 Å². The molecule has 168 valence electrons. The maximum absolute atomic E-state index is 12.8. The van der Waals surface area contributed by atoms with E-state index in [0.29, 0.717) is 16.0 Å². The Balaban J connectivity index is 1.42. The highest BCUT2D eigenvalue weighted by Crippen LogP contribution is 2.29. The van der Waals surface area contributed by atoms with Crippen molar-refractivity contribution in [3.63, 3.8) is 0 Å². The van der Waals surface area contributed by atoms with Crippen LogP contribution < -0.4 is 5.32 Å². The van der Waals surface area contributed by atoms with Crippen LogP contribution in [0.4, 0.5) is 5.69 Å². The van der Waals surface area contributed by atoms with Crippen molar-refractivity contribution >= 4 is 45.7 Å². The average Bonchev–Trinajstić information content (AvgIpc) is 3.27. The van der Waals surface area contributed by atoms with Crippen LogP contribution in [0, 0.1) is 6.92 Å². The molecule has 0 saturated heterocycles. The fraction of sp³-hybridized carbons (Fsp3) is 0.0741. The van der Waals surface area contributed by atoms with E-state index in [1.54, 1.807) is 0 Å². The SMILES string of the molecule is Cc1cccc(-c2nnc(SCC(=O)Nc3cccc4ccccc34)n2-c2ccc(Cl)cc2)c1. The summed E-state index contributed by atoms with van der Waals surface area (Å²) < 4.78 is 1.96. The van der Waals surface area contributed by atoms with Crippen LogP contribution in [0.25, 0.3) is 27.8 Å². The number of anilines is 1. The minimum Gasteiger partial charge on any atom is -0.325 e. The Bertz CT molecular complexity index is 1470. The van der Waals surface area contributed by atoms with Gasteiger partial charge in [0.2, 0.25) is 5.91 Å². The lowest BCUT2D eigenvalue weighted by molar-refractivity contribution is -0.113. The summed E-state index contributed by atoms with van der Waals surface area (Å²) in [4.78, 5) is 12.8. The van der Waals surface area contributed by atoms with Crippen molar-refractivity contribution in [2.45, 2.75) is 12.1 Å². The highest BCUT2D eigenvalue weighted by atomic mass is 35.5. The standard InChI is InChI=1S/C27H21ClN4OS/c1-18-6-4-9-20(16-18)26-30-31-27(32(26)22-14-12-21(28)13-15-22)34-17-25(33)29-24-11-5-8-19-7-2-3-10-23(19)24/h2-16H,17H2,1H3,(H,29,33). The highest BCUT2D eigenvalue weighted by molar-refractivity contribution is 7.99. The summed E-state index contributed by atoms with van der Waals surface area (Å²) in [6.07, 6.45) is 0. The molecule has 0 fully saturated rings. The molecule has 0 unspecified atom stereocenters. The third-order valence-corrected chi connectivity index (χ3v) is 6.57. The molecule has 0 aliphatic heterocycles. The van der Waals surface area contributed by atoms with Gasteiger partial charge >= 0.3 is 0 Å². The van der Waals surface area contributed by atoms with Crippen LogP contribution in [-0.4, -0.2) is 26.4 Å². The molecule has 5 rings (SSSR count). The number of carbonyl (C=O) groups excluding carboxylic acids is 1. The second-order valence-electron chi connectivity index (χ2n) is 7.85. The number of carbonyl (C=O) groups is 1. The van der Waals surface area contributed by atoms with Gasteiger partial charge < -0.3 is 5.32 Å². The fourth-order valence-corrected chi connectivity index (χ4v) is 4.69. The van der Waals surface area contributed by atoms with E-state index in [1.165, 1.54) is 11.8 Å². The van der Waals surface area contributed by atoms with Crippen molar-refractivity contribution in [2.24, 2.45) is 0 Å². The van der Waals surface area contributed by atoms with E-state index < -0.39 is 0 Å². The van der Waals surface area contributed by atoms with Crippen LogP contribution >= 0.6 is 23.4 Å². The van der Waals surface area contributed by atoms with Gasteiger partial charge in [0, 0.05) is 27.3 Å². The van der Waals surface area contributed by atoms with Gasteiger partial charge in [-0.05, 0) is 48.7 Å². The maximum Gasteiger partial charge on any atom is 0.234 e. The lowest BCUT2D eigenvalue weighted by Crippen LogP contribution is -2.14. The predicted molar refractivity (Wildman–Crippen MR) is 140 cm³/mol. The van der Waals surface area contributed by atoms with E-state index in [0.717, 1.165) is 33.3 Å². The quantitative estimate of drug-likeness (QED) is 0.270. The summed E-state index contributed by atoms with van der Waals surface area (Å²) in [6, 6.07) is 29.5. The number of nitrogens with one attached hydrogen (secondary N) is 1. The second kappa shape index (κ2) is 9.71. The van der Waals surface area contributed by atoms with E-state index in [2.05, 4.69) is 21.6 Å². The highest BCUT2D eigenvalue weighted by Gasteiger charge is 2.18. The Hall–Kier alpha value is -3.61. The first-order valence-electron chi connectivity index (χ1n) is 10.8. The zero-order chi connectivity index (χ0) is 23.5. The molecule has 5 aromatic rings. The summed E-state index contributed by atoms with van der Waals surface area (Å²) in [5.41, 5.74) is 3.76. The zero-order valence-electron chi connectivity index (χ0n) is 18.4. The minimum atomic E-state index is -0.107. The third-order valence-electron chi connectivity index (χ3n) is 5.39. The Labute approximate surface area is 206 Å². The van der Waals surface area contributed by atoms with E-state index in [9.17, 15) is 4.79 Å². The van der Waals surface area contributed by atoms with Crippen LogP contribution in [0.15, 0.2) is 96.2 Å². The van der Waals surface area contributed by atoms with Gasteiger partial charge in [-0.2, -0.15) is 0 Å². The van der Waals surface area contributed by atoms with Gasteiger partial charge in [-0.25, -0.2) is 0 Å². The van der Waals surface area contributed by atoms with Crippen LogP contribution in [0.2, 0.25) is 5.02 Å². The molecular weight excluding hydrogens is 464 g/mol. The van der Waals surface area contributed by atoms with Crippen molar-refractivity contribution < 1.29 is 4.79 Å². The number of hydrogen-bond donors (Lipinski definition) is 1. The number of nitrogens with zero attached hydrogens (tertiary/aromatic N) is 3. The molecule has 34 heavy (non-hydrogen) atoms. The molecule has 1 amide bonds. The smallest absolute Gasteiger partial charge is 0.234 e. The Morgan fingerprint density at radius 3 is 2.53 bits per heavy atom. The Kier molecular flexibility index (Phi) is 6.34. The molecule has 0 atom stereocenters. The number of aryl methyl sites for hydroxylation is 1. The molecule has 0 saturated carbocycles. The van der Waals surface area contributed by atoms with Crippen molar-refractivity contribution in [1.29, 1.82) is 0 Å². The fourth-order valence-electron chi connectivity index (χ4n) is 3.81. The topological polar surface area (TPSA) is 59.8 Å². The molecule has 0 bridgehead atoms. The van der Waals surface area contributed by atoms with E-state index in [-0.39, 0.29) is 11.7 Å². The number of thioether (sulfide) groups is 1. The van der Waals surface area contributed by atoms with Crippen LogP contribution in [0.5, 0.6) is 0 Å². The summed E-state index contributed by atoms with van der Waals surface area (Å²) >= 11 is 7.46. The molecule has 0 aliphatic rings. The number of fused-ring (bicyclic) bond motifs is 1. The average molecular weight is 485 g/mol. The lowest BCUT2D eigenvalue weighted by Gasteiger charge is -2.11. The van der Waals surface area contributed by atoms with Crippen molar-refractivity contribution in [3.8, 4) is 17.1 Å². The largest absolute Gasteiger partial charge is 0.325 e. The summed E-state index contributed by atoms with van der Waals surface area (Å²) in [7, 11) is 0. The maximum atomic E-state index is 12.8. The summed E-state index contributed by atoms with van der Waals surface area (Å²) in [6.45, 7) is 2.04. The van der Waals surface area contributed by atoms with Crippen LogP contribution in [-0.2, 0) is 4.79 Å². The van der Waals surface area contributed by atoms with Gasteiger partial charge in [0.25, 0.3) is 0 Å². The molecule has 4 aromatic carbocycles. The normalized spacial score (nSPS) is 11.0. The molecule has 0 radical (unpaired) electrons. The summed E-state index contributed by atoms with van der Waals surface area (Å²) in [5, 5.41) is 15.3. The molecule has 1 heterocycles. The predicted octanol–water partition coefficient (Wildman–Crippen LogP) is 6.78. The number of hydrogen-bond acceptors (Lipinski definition) is 4. The van der Waals surface area contributed by atoms with Crippen molar-refractivity contribution in [1.82, 2.24) is 14.8 Å². The van der Waals surface area contributed by atoms with E-state index in [4.69, 9.17) is 11.6 Å². The monoisotopic (exact) mass is 484 g/mol. The molecule has 5 nitrogen and oxygen atoms in total. The molecule has 7 heteroatoms. The van der Waals surface area contributed by atoms with Gasteiger partial charge in [-0.1, -0.05) is 83.5 Å². The van der Waals surface area contributed by atoms with Gasteiger partial charge in [0.1, 0.15) is 0 Å². The zero-order valence-corrected chi connectivity index (χ0v) is 20.0. The number of benzene rings is 4. The first-order valence-corrected chi connectivity index (χ1v) is 12.1. The van der Waals surface area contributed by atoms with Crippen LogP contribution in [0.1, 0.15) is 5.56 Å². The molecule has 0 aliphatic carbocycles. The van der Waals surface area contributed by atoms with E-state index in [1.807, 2.05) is 96.4 Å². The molecular formula is C27H21ClN4OS. The van der Waals surface area contributed by atoms with Crippen molar-refractivity contribution in [3.05, 3.63) is 102 Å². The third kappa shape index (κ3) is 4.69. The number of rotatable bonds is 6. The van der Waals surface area contributed by atoms with Gasteiger partial charge in [0.15, 0.2) is 11.0 Å². The molecule has 1 aromatic heterocycles. The van der Waals surface area contributed by atoms with Crippen molar-refractivity contribution in [2.75, 3.05) is 11.1 Å². The first kappa shape index (κ1) is 22.2. The summed E-state index contributed by atoms with van der Waals surface area (Å²) in [5.74, 6) is 0.801. The van der Waals surface area contributed by atoms with Gasteiger partial charge in [0.05, 0.1) is 5.75 Å². The first-order chi connectivity index (χ1) is 16.6. The van der Waals surface area contributed by atoms with E-state index >= 15 is 0 Å². The van der Waals surface area contributed by atoms with Gasteiger partial charge in [-0.3, -0.25) is 9.36 Å². The number of aromatic nitrogens is 3. The molecule has 1 N–H and O–H groups in total. The minimum absolute atomic E-state index is 0.107.